The molecule has 1 amide bonds. The van der Waals surface area contributed by atoms with E-state index in [0.29, 0.717) is 16.6 Å². The monoisotopic (exact) mass is 308 g/mol. The van der Waals surface area contributed by atoms with Crippen LogP contribution in [-0.4, -0.2) is 48.7 Å². The van der Waals surface area contributed by atoms with E-state index in [1.54, 1.807) is 12.1 Å². The molecule has 0 unspecified atom stereocenters. The Bertz CT molecular complexity index is 549. The van der Waals surface area contributed by atoms with Gasteiger partial charge in [0.2, 0.25) is 0 Å². The van der Waals surface area contributed by atoms with E-state index in [2.05, 4.69) is 17.1 Å². The predicted octanol–water partition coefficient (Wildman–Crippen LogP) is 2.24. The van der Waals surface area contributed by atoms with Crippen molar-refractivity contribution in [1.29, 1.82) is 0 Å². The predicted molar refractivity (Wildman–Crippen MR) is 82.8 cm³/mol. The lowest BCUT2D eigenvalue weighted by atomic mass is 10.1. The lowest BCUT2D eigenvalue weighted by molar-refractivity contribution is -0.0390. The zero-order valence-electron chi connectivity index (χ0n) is 12.4. The Morgan fingerprint density at radius 1 is 1.43 bits per heavy atom. The van der Waals surface area contributed by atoms with Gasteiger partial charge in [-0.25, -0.2) is 0 Å². The number of rotatable bonds is 2. The highest BCUT2D eigenvalue weighted by atomic mass is 35.5. The minimum atomic E-state index is -0.0198. The standard InChI is InChI=1S/C16H21ClN2O2/c1-10-5-12(3-4-15(10)17)16(20)18-13-6-14-9-21-11(2)7-19(14)8-13/h3-5,11,13-14H,6-9H2,1-2H3,(H,18,20)/t11-,13-,14+/m1/s1. The molecule has 21 heavy (non-hydrogen) atoms. The Labute approximate surface area is 130 Å². The van der Waals surface area contributed by atoms with Gasteiger partial charge in [0.25, 0.3) is 5.91 Å². The number of nitrogens with one attached hydrogen (secondary N) is 1. The largest absolute Gasteiger partial charge is 0.376 e. The molecular formula is C16H21ClN2O2. The topological polar surface area (TPSA) is 41.6 Å². The molecule has 1 aromatic rings. The Hall–Kier alpha value is -1.10. The van der Waals surface area contributed by atoms with Crippen LogP contribution in [0.5, 0.6) is 0 Å². The molecular weight excluding hydrogens is 288 g/mol. The van der Waals surface area contributed by atoms with Crippen molar-refractivity contribution in [2.24, 2.45) is 0 Å². The Morgan fingerprint density at radius 3 is 3.00 bits per heavy atom. The molecule has 2 aliphatic rings. The van der Waals surface area contributed by atoms with Gasteiger partial charge in [-0.1, -0.05) is 11.6 Å². The first-order valence-corrected chi connectivity index (χ1v) is 7.83. The maximum absolute atomic E-state index is 12.3. The second-order valence-corrected chi connectivity index (χ2v) is 6.53. The zero-order valence-corrected chi connectivity index (χ0v) is 13.2. The number of amides is 1. The third-order valence-electron chi connectivity index (χ3n) is 4.35. The van der Waals surface area contributed by atoms with Crippen LogP contribution in [0.4, 0.5) is 0 Å². The van der Waals surface area contributed by atoms with Gasteiger partial charge < -0.3 is 10.1 Å². The van der Waals surface area contributed by atoms with Gasteiger partial charge in [-0.3, -0.25) is 9.69 Å². The number of benzene rings is 1. The van der Waals surface area contributed by atoms with Crippen molar-refractivity contribution in [3.8, 4) is 0 Å². The summed E-state index contributed by atoms with van der Waals surface area (Å²) in [7, 11) is 0. The molecule has 0 aliphatic carbocycles. The normalized spacial score (nSPS) is 29.2. The summed E-state index contributed by atoms with van der Waals surface area (Å²) >= 11 is 6.00. The molecule has 3 rings (SSSR count). The van der Waals surface area contributed by atoms with Crippen LogP contribution in [0.1, 0.15) is 29.3 Å². The minimum Gasteiger partial charge on any atom is -0.376 e. The van der Waals surface area contributed by atoms with Crippen LogP contribution in [0, 0.1) is 6.92 Å². The van der Waals surface area contributed by atoms with Crippen molar-refractivity contribution in [3.05, 3.63) is 34.3 Å². The van der Waals surface area contributed by atoms with E-state index in [1.165, 1.54) is 0 Å². The number of morpholine rings is 1. The van der Waals surface area contributed by atoms with Crippen molar-refractivity contribution in [2.45, 2.75) is 38.5 Å². The van der Waals surface area contributed by atoms with Gasteiger partial charge in [0.05, 0.1) is 12.7 Å². The van der Waals surface area contributed by atoms with Crippen LogP contribution in [0.15, 0.2) is 18.2 Å². The molecule has 0 radical (unpaired) electrons. The van der Waals surface area contributed by atoms with Gasteiger partial charge in [0.15, 0.2) is 0 Å². The van der Waals surface area contributed by atoms with Gasteiger partial charge in [-0.15, -0.1) is 0 Å². The van der Waals surface area contributed by atoms with Crippen LogP contribution in [0.25, 0.3) is 0 Å². The quantitative estimate of drug-likeness (QED) is 0.911. The fraction of sp³-hybridized carbons (Fsp3) is 0.562. The highest BCUT2D eigenvalue weighted by molar-refractivity contribution is 6.31. The highest BCUT2D eigenvalue weighted by Crippen LogP contribution is 2.23. The van der Waals surface area contributed by atoms with E-state index >= 15 is 0 Å². The van der Waals surface area contributed by atoms with E-state index in [-0.39, 0.29) is 18.1 Å². The molecule has 1 aromatic carbocycles. The smallest absolute Gasteiger partial charge is 0.251 e. The fourth-order valence-electron chi connectivity index (χ4n) is 3.20. The van der Waals surface area contributed by atoms with E-state index in [0.717, 1.165) is 31.7 Å². The average Bonchev–Trinajstić information content (AvgIpc) is 2.83. The van der Waals surface area contributed by atoms with Gasteiger partial charge >= 0.3 is 0 Å². The number of fused-ring (bicyclic) bond motifs is 1. The first-order valence-electron chi connectivity index (χ1n) is 7.45. The van der Waals surface area contributed by atoms with Gasteiger partial charge in [0, 0.05) is 35.8 Å². The SMILES string of the molecule is Cc1cc(C(=O)N[C@@H]2C[C@H]3CO[C@H](C)CN3C2)ccc1Cl. The molecule has 2 fully saturated rings. The van der Waals surface area contributed by atoms with Crippen molar-refractivity contribution in [2.75, 3.05) is 19.7 Å². The molecule has 3 atom stereocenters. The number of carbonyl (C=O) groups excluding carboxylic acids is 1. The fourth-order valence-corrected chi connectivity index (χ4v) is 3.32. The van der Waals surface area contributed by atoms with Crippen LogP contribution < -0.4 is 5.32 Å². The highest BCUT2D eigenvalue weighted by Gasteiger charge is 2.36. The molecule has 2 aliphatic heterocycles. The maximum atomic E-state index is 12.3. The molecule has 0 aromatic heterocycles. The van der Waals surface area contributed by atoms with Crippen molar-refractivity contribution < 1.29 is 9.53 Å². The summed E-state index contributed by atoms with van der Waals surface area (Å²) in [5.41, 5.74) is 1.60. The molecule has 2 heterocycles. The zero-order chi connectivity index (χ0) is 15.0. The maximum Gasteiger partial charge on any atom is 0.251 e. The van der Waals surface area contributed by atoms with Crippen LogP contribution >= 0.6 is 11.6 Å². The summed E-state index contributed by atoms with van der Waals surface area (Å²) in [4.78, 5) is 14.8. The summed E-state index contributed by atoms with van der Waals surface area (Å²) in [5.74, 6) is -0.0198. The average molecular weight is 309 g/mol. The number of ether oxygens (including phenoxy) is 1. The number of hydrogen-bond acceptors (Lipinski definition) is 3. The molecule has 114 valence electrons. The summed E-state index contributed by atoms with van der Waals surface area (Å²) in [6.07, 6.45) is 1.25. The van der Waals surface area contributed by atoms with Gasteiger partial charge in [-0.05, 0) is 44.0 Å². The van der Waals surface area contributed by atoms with E-state index < -0.39 is 0 Å². The number of hydrogen-bond donors (Lipinski definition) is 1. The lowest BCUT2D eigenvalue weighted by Gasteiger charge is -2.33. The first-order chi connectivity index (χ1) is 10.0. The van der Waals surface area contributed by atoms with E-state index in [9.17, 15) is 4.79 Å². The first kappa shape index (κ1) is 14.8. The number of nitrogens with zero attached hydrogens (tertiary/aromatic N) is 1. The second kappa shape index (κ2) is 5.95. The summed E-state index contributed by atoms with van der Waals surface area (Å²) in [6.45, 7) is 6.65. The molecule has 0 saturated carbocycles. The van der Waals surface area contributed by atoms with Crippen molar-refractivity contribution in [3.63, 3.8) is 0 Å². The van der Waals surface area contributed by atoms with E-state index in [4.69, 9.17) is 16.3 Å². The third-order valence-corrected chi connectivity index (χ3v) is 4.77. The number of halogens is 1. The van der Waals surface area contributed by atoms with Crippen molar-refractivity contribution in [1.82, 2.24) is 10.2 Å². The number of carbonyl (C=O) groups is 1. The molecule has 1 N–H and O–H groups in total. The number of aryl methyl sites for hydroxylation is 1. The van der Waals surface area contributed by atoms with Crippen LogP contribution in [-0.2, 0) is 4.74 Å². The Morgan fingerprint density at radius 2 is 2.24 bits per heavy atom. The van der Waals surface area contributed by atoms with Gasteiger partial charge in [0.1, 0.15) is 0 Å². The van der Waals surface area contributed by atoms with Crippen molar-refractivity contribution >= 4 is 17.5 Å². The summed E-state index contributed by atoms with van der Waals surface area (Å²) < 4.78 is 5.69. The summed E-state index contributed by atoms with van der Waals surface area (Å²) in [5, 5.41) is 3.82. The molecule has 2 saturated heterocycles. The molecule has 0 bridgehead atoms. The molecule has 5 heteroatoms. The van der Waals surface area contributed by atoms with Gasteiger partial charge in [-0.2, -0.15) is 0 Å². The Kier molecular flexibility index (Phi) is 4.20. The molecule has 0 spiro atoms. The lowest BCUT2D eigenvalue weighted by Crippen LogP contribution is -2.45. The minimum absolute atomic E-state index is 0.0198. The van der Waals surface area contributed by atoms with E-state index in [1.807, 2.05) is 13.0 Å². The Balaban J connectivity index is 1.62. The molecule has 4 nitrogen and oxygen atoms in total. The van der Waals surface area contributed by atoms with Crippen LogP contribution in [0.3, 0.4) is 0 Å². The summed E-state index contributed by atoms with van der Waals surface area (Å²) in [6, 6.07) is 6.04. The second-order valence-electron chi connectivity index (χ2n) is 6.12. The van der Waals surface area contributed by atoms with Crippen LogP contribution in [0.2, 0.25) is 5.02 Å². The third kappa shape index (κ3) is 3.23.